The number of likely N-dealkylation sites (tertiary alicyclic amines) is 1. The monoisotopic (exact) mass is 360 g/mol. The molecular formula is C19H28N4O3. The second-order valence-electron chi connectivity index (χ2n) is 7.27. The van der Waals surface area contributed by atoms with Crippen LogP contribution in [0.5, 0.6) is 0 Å². The van der Waals surface area contributed by atoms with Gasteiger partial charge >= 0.3 is 5.97 Å². The summed E-state index contributed by atoms with van der Waals surface area (Å²) in [5, 5.41) is 9.75. The fourth-order valence-corrected chi connectivity index (χ4v) is 4.05. The first-order valence-electron chi connectivity index (χ1n) is 9.42. The van der Waals surface area contributed by atoms with Gasteiger partial charge in [-0.05, 0) is 37.3 Å². The summed E-state index contributed by atoms with van der Waals surface area (Å²) in [6, 6.07) is 3.56. The van der Waals surface area contributed by atoms with Crippen LogP contribution >= 0.6 is 0 Å². The van der Waals surface area contributed by atoms with Gasteiger partial charge in [0.25, 0.3) is 0 Å². The Bertz CT molecular complexity index is 608. The van der Waals surface area contributed by atoms with Crippen molar-refractivity contribution in [2.75, 3.05) is 44.2 Å². The normalized spacial score (nSPS) is 20.8. The Balaban J connectivity index is 1.53. The van der Waals surface area contributed by atoms with Crippen LogP contribution in [0.15, 0.2) is 24.5 Å². The molecule has 1 N–H and O–H groups in total. The lowest BCUT2D eigenvalue weighted by Gasteiger charge is -2.40. The Hall–Kier alpha value is -2.15. The molecule has 0 bridgehead atoms. The smallest absolute Gasteiger partial charge is 0.320 e. The zero-order chi connectivity index (χ0) is 18.5. The van der Waals surface area contributed by atoms with Crippen molar-refractivity contribution in [2.24, 2.45) is 5.92 Å². The maximum atomic E-state index is 11.9. The van der Waals surface area contributed by atoms with Gasteiger partial charge < -0.3 is 14.9 Å². The van der Waals surface area contributed by atoms with E-state index in [4.69, 9.17) is 0 Å². The van der Waals surface area contributed by atoms with Crippen LogP contribution in [0.25, 0.3) is 0 Å². The molecule has 7 heteroatoms. The van der Waals surface area contributed by atoms with Crippen molar-refractivity contribution in [3.8, 4) is 0 Å². The van der Waals surface area contributed by atoms with Crippen molar-refractivity contribution in [1.82, 2.24) is 14.8 Å². The third-order valence-electron chi connectivity index (χ3n) is 5.68. The second-order valence-corrected chi connectivity index (χ2v) is 7.27. The van der Waals surface area contributed by atoms with Crippen LogP contribution in [0.3, 0.4) is 0 Å². The van der Waals surface area contributed by atoms with Gasteiger partial charge in [0.2, 0.25) is 5.91 Å². The molecule has 3 heterocycles. The summed E-state index contributed by atoms with van der Waals surface area (Å²) >= 11 is 0. The number of hydrogen-bond acceptors (Lipinski definition) is 5. The summed E-state index contributed by atoms with van der Waals surface area (Å²) < 4.78 is 0. The number of piperidine rings is 1. The number of hydrogen-bond donors (Lipinski definition) is 1. The number of carbonyl (C=O) groups excluding carboxylic acids is 1. The van der Waals surface area contributed by atoms with E-state index in [-0.39, 0.29) is 5.91 Å². The number of anilines is 1. The van der Waals surface area contributed by atoms with Crippen LogP contribution in [-0.2, 0) is 9.59 Å². The molecule has 1 aromatic rings. The number of aromatic nitrogens is 1. The highest BCUT2D eigenvalue weighted by Crippen LogP contribution is 2.25. The van der Waals surface area contributed by atoms with Crippen LogP contribution in [0.2, 0.25) is 0 Å². The minimum atomic E-state index is -0.726. The number of carboxylic acid groups (broad SMARTS) is 1. The van der Waals surface area contributed by atoms with Crippen molar-refractivity contribution < 1.29 is 14.7 Å². The molecule has 2 aliphatic heterocycles. The van der Waals surface area contributed by atoms with Gasteiger partial charge in [0.05, 0.1) is 0 Å². The average Bonchev–Trinajstić information content (AvgIpc) is 2.67. The Morgan fingerprint density at radius 1 is 1.12 bits per heavy atom. The zero-order valence-corrected chi connectivity index (χ0v) is 15.4. The summed E-state index contributed by atoms with van der Waals surface area (Å²) in [5.41, 5.74) is 1.14. The summed E-state index contributed by atoms with van der Waals surface area (Å²) in [7, 11) is 0. The van der Waals surface area contributed by atoms with E-state index < -0.39 is 12.0 Å². The Kier molecular flexibility index (Phi) is 6.08. The van der Waals surface area contributed by atoms with E-state index in [9.17, 15) is 14.7 Å². The Morgan fingerprint density at radius 2 is 1.73 bits per heavy atom. The summed E-state index contributed by atoms with van der Waals surface area (Å²) in [5.74, 6) is -0.230. The number of carboxylic acids is 1. The maximum Gasteiger partial charge on any atom is 0.320 e. The van der Waals surface area contributed by atoms with E-state index in [2.05, 4.69) is 14.8 Å². The molecule has 3 rings (SSSR count). The SMILES string of the molecule is CC(=O)N1CCC(CC(C(=O)O)N2CCN(c3ccncc3)CC2)CC1. The molecule has 2 saturated heterocycles. The van der Waals surface area contributed by atoms with Crippen LogP contribution in [0.4, 0.5) is 5.69 Å². The van der Waals surface area contributed by atoms with Crippen LogP contribution < -0.4 is 4.90 Å². The second kappa shape index (κ2) is 8.49. The van der Waals surface area contributed by atoms with Crippen molar-refractivity contribution in [1.29, 1.82) is 0 Å². The van der Waals surface area contributed by atoms with Crippen LogP contribution in [0.1, 0.15) is 26.2 Å². The number of pyridine rings is 1. The largest absolute Gasteiger partial charge is 0.480 e. The number of aliphatic carboxylic acids is 1. The minimum Gasteiger partial charge on any atom is -0.480 e. The van der Waals surface area contributed by atoms with Gasteiger partial charge in [-0.2, -0.15) is 0 Å². The molecular weight excluding hydrogens is 332 g/mol. The molecule has 0 spiro atoms. The highest BCUT2D eigenvalue weighted by molar-refractivity contribution is 5.74. The number of rotatable bonds is 5. The maximum absolute atomic E-state index is 11.9. The van der Waals surface area contributed by atoms with Crippen LogP contribution in [-0.4, -0.2) is 77.1 Å². The summed E-state index contributed by atoms with van der Waals surface area (Å²) in [6.45, 7) is 6.28. The molecule has 1 atom stereocenters. The molecule has 7 nitrogen and oxygen atoms in total. The van der Waals surface area contributed by atoms with Gasteiger partial charge in [-0.3, -0.25) is 19.5 Å². The summed E-state index contributed by atoms with van der Waals surface area (Å²) in [4.78, 5) is 33.6. The molecule has 2 aliphatic rings. The van der Waals surface area contributed by atoms with E-state index >= 15 is 0 Å². The highest BCUT2D eigenvalue weighted by atomic mass is 16.4. The van der Waals surface area contributed by atoms with Gasteiger partial charge in [0.1, 0.15) is 6.04 Å². The number of piperazine rings is 1. The lowest BCUT2D eigenvalue weighted by atomic mass is 9.89. The molecule has 0 saturated carbocycles. The molecule has 0 aliphatic carbocycles. The van der Waals surface area contributed by atoms with Gasteiger partial charge in [-0.25, -0.2) is 0 Å². The summed E-state index contributed by atoms with van der Waals surface area (Å²) in [6.07, 6.45) is 6.06. The molecule has 26 heavy (non-hydrogen) atoms. The Morgan fingerprint density at radius 3 is 2.27 bits per heavy atom. The predicted molar refractivity (Wildman–Crippen MR) is 99.0 cm³/mol. The lowest BCUT2D eigenvalue weighted by molar-refractivity contribution is -0.144. The molecule has 1 amide bonds. The van der Waals surface area contributed by atoms with Crippen molar-refractivity contribution in [2.45, 2.75) is 32.2 Å². The minimum absolute atomic E-state index is 0.116. The first-order chi connectivity index (χ1) is 12.5. The van der Waals surface area contributed by atoms with E-state index in [1.807, 2.05) is 17.0 Å². The average molecular weight is 360 g/mol. The fourth-order valence-electron chi connectivity index (χ4n) is 4.05. The molecule has 142 valence electrons. The van der Waals surface area contributed by atoms with Crippen molar-refractivity contribution in [3.63, 3.8) is 0 Å². The third kappa shape index (κ3) is 4.52. The standard InChI is InChI=1S/C19H28N4O3/c1-15(24)21-8-4-16(5-9-21)14-18(19(25)26)23-12-10-22(11-13-23)17-2-6-20-7-3-17/h2-3,6-7,16,18H,4-5,8-14H2,1H3,(H,25,26). The van der Waals surface area contributed by atoms with E-state index in [1.54, 1.807) is 19.3 Å². The van der Waals surface area contributed by atoms with Gasteiger partial charge in [0.15, 0.2) is 0 Å². The van der Waals surface area contributed by atoms with Crippen molar-refractivity contribution >= 4 is 17.6 Å². The zero-order valence-electron chi connectivity index (χ0n) is 15.4. The molecule has 0 aromatic carbocycles. The van der Waals surface area contributed by atoms with Gasteiger partial charge in [-0.15, -0.1) is 0 Å². The van der Waals surface area contributed by atoms with E-state index in [1.165, 1.54) is 0 Å². The highest BCUT2D eigenvalue weighted by Gasteiger charge is 2.32. The number of carbonyl (C=O) groups is 2. The Labute approximate surface area is 154 Å². The van der Waals surface area contributed by atoms with Gasteiger partial charge in [0, 0.05) is 64.3 Å². The predicted octanol–water partition coefficient (Wildman–Crippen LogP) is 1.31. The number of amides is 1. The first-order valence-corrected chi connectivity index (χ1v) is 9.42. The fraction of sp³-hybridized carbons (Fsp3) is 0.632. The van der Waals surface area contributed by atoms with Gasteiger partial charge in [-0.1, -0.05) is 0 Å². The first kappa shape index (κ1) is 18.6. The van der Waals surface area contributed by atoms with Crippen LogP contribution in [0, 0.1) is 5.92 Å². The quantitative estimate of drug-likeness (QED) is 0.853. The third-order valence-corrected chi connectivity index (χ3v) is 5.68. The topological polar surface area (TPSA) is 77.0 Å². The molecule has 1 aromatic heterocycles. The molecule has 1 unspecified atom stereocenters. The molecule has 2 fully saturated rings. The van der Waals surface area contributed by atoms with E-state index in [0.29, 0.717) is 12.3 Å². The van der Waals surface area contributed by atoms with Crippen molar-refractivity contribution in [3.05, 3.63) is 24.5 Å². The molecule has 0 radical (unpaired) electrons. The lowest BCUT2D eigenvalue weighted by Crippen LogP contribution is -2.53. The number of nitrogens with zero attached hydrogens (tertiary/aromatic N) is 4. The van der Waals surface area contributed by atoms with E-state index in [0.717, 1.165) is 57.8 Å².